The second kappa shape index (κ2) is 14.6. The molecule has 0 radical (unpaired) electrons. The smallest absolute Gasteiger partial charge is 0.344 e. The molecule has 1 fully saturated rings. The Morgan fingerprint density at radius 3 is 2.51 bits per heavy atom. The van der Waals surface area contributed by atoms with E-state index in [1.807, 2.05) is 92.7 Å². The number of benzene rings is 4. The minimum Gasteiger partial charge on any atom is -0.497 e. The van der Waals surface area contributed by atoms with Gasteiger partial charge in [-0.05, 0) is 115 Å². The standard InChI is InChI=1S/C40H44O7/c1-25(47-40(43)26(2)28-13-14-30-19-33(44-3)16-15-29(30)18-28)12-17-34-35-20-31-10-7-11-38(36(31)21-32(35)22-37(34)41)45-24-39(42)46-23-27-8-5-4-6-9-27/h4-11,13-16,18-19,25-26,32,34-35,37,41H,12,17,20-24H2,1-3H3/t25-,26-,32-,34+,35-,37+/m0/s1. The molecular formula is C40H44O7. The highest BCUT2D eigenvalue weighted by Gasteiger charge is 2.45. The zero-order chi connectivity index (χ0) is 32.9. The average Bonchev–Trinajstić information content (AvgIpc) is 3.40. The first-order valence-corrected chi connectivity index (χ1v) is 16.7. The molecule has 0 amide bonds. The lowest BCUT2D eigenvalue weighted by Gasteiger charge is -2.32. The lowest BCUT2D eigenvalue weighted by Crippen LogP contribution is -2.28. The topological polar surface area (TPSA) is 91.3 Å². The van der Waals surface area contributed by atoms with Gasteiger partial charge in [0.2, 0.25) is 0 Å². The number of methoxy groups -OCH3 is 1. The lowest BCUT2D eigenvalue weighted by atomic mass is 9.73. The first-order chi connectivity index (χ1) is 22.8. The molecule has 7 heteroatoms. The van der Waals surface area contributed by atoms with Crippen molar-refractivity contribution >= 4 is 22.7 Å². The van der Waals surface area contributed by atoms with E-state index in [1.54, 1.807) is 7.11 Å². The van der Waals surface area contributed by atoms with Gasteiger partial charge in [-0.15, -0.1) is 0 Å². The van der Waals surface area contributed by atoms with E-state index in [0.29, 0.717) is 18.3 Å². The molecule has 1 saturated carbocycles. The van der Waals surface area contributed by atoms with Gasteiger partial charge in [0, 0.05) is 0 Å². The number of aliphatic hydroxyl groups is 1. The van der Waals surface area contributed by atoms with Gasteiger partial charge >= 0.3 is 11.9 Å². The highest BCUT2D eigenvalue weighted by Crippen LogP contribution is 2.48. The quantitative estimate of drug-likeness (QED) is 0.165. The van der Waals surface area contributed by atoms with Gasteiger partial charge < -0.3 is 24.1 Å². The van der Waals surface area contributed by atoms with Crippen molar-refractivity contribution in [2.45, 2.75) is 70.7 Å². The number of fused-ring (bicyclic) bond motifs is 3. The largest absolute Gasteiger partial charge is 0.497 e. The molecule has 0 heterocycles. The van der Waals surface area contributed by atoms with Gasteiger partial charge in [-0.25, -0.2) is 4.79 Å². The normalized spacial score (nSPS) is 21.3. The Bertz CT molecular complexity index is 1700. The van der Waals surface area contributed by atoms with Crippen molar-refractivity contribution in [1.82, 2.24) is 0 Å². The van der Waals surface area contributed by atoms with Crippen molar-refractivity contribution in [2.24, 2.45) is 17.8 Å². The summed E-state index contributed by atoms with van der Waals surface area (Å²) < 4.78 is 22.6. The third-order valence-corrected chi connectivity index (χ3v) is 10.1. The van der Waals surface area contributed by atoms with Gasteiger partial charge in [-0.1, -0.05) is 66.7 Å². The predicted molar refractivity (Wildman–Crippen MR) is 180 cm³/mol. The maximum atomic E-state index is 13.1. The molecule has 246 valence electrons. The van der Waals surface area contributed by atoms with Gasteiger partial charge in [-0.3, -0.25) is 4.79 Å². The van der Waals surface area contributed by atoms with Crippen LogP contribution in [0.3, 0.4) is 0 Å². The predicted octanol–water partition coefficient (Wildman–Crippen LogP) is 7.20. The van der Waals surface area contributed by atoms with E-state index in [0.717, 1.165) is 64.6 Å². The van der Waals surface area contributed by atoms with E-state index in [4.69, 9.17) is 18.9 Å². The molecule has 6 atom stereocenters. The third kappa shape index (κ3) is 7.62. The number of carbonyl (C=O) groups is 2. The van der Waals surface area contributed by atoms with Crippen LogP contribution in [0.4, 0.5) is 0 Å². The molecule has 7 nitrogen and oxygen atoms in total. The number of ether oxygens (including phenoxy) is 4. The summed E-state index contributed by atoms with van der Waals surface area (Å²) in [6.07, 6.45) is 3.25. The molecule has 4 aromatic carbocycles. The Kier molecular flexibility index (Phi) is 10.1. The molecule has 0 saturated heterocycles. The molecule has 0 aromatic heterocycles. The number of carbonyl (C=O) groups excluding carboxylic acids is 2. The van der Waals surface area contributed by atoms with Crippen molar-refractivity contribution < 1.29 is 33.6 Å². The number of hydrogen-bond donors (Lipinski definition) is 1. The summed E-state index contributed by atoms with van der Waals surface area (Å²) in [5, 5.41) is 13.3. The number of rotatable bonds is 12. The molecule has 2 aliphatic carbocycles. The zero-order valence-corrected chi connectivity index (χ0v) is 27.4. The van der Waals surface area contributed by atoms with Crippen LogP contribution in [0, 0.1) is 17.8 Å². The minimum atomic E-state index is -0.404. The second-order valence-electron chi connectivity index (χ2n) is 13.1. The zero-order valence-electron chi connectivity index (χ0n) is 27.4. The minimum absolute atomic E-state index is 0.141. The molecular weight excluding hydrogens is 592 g/mol. The van der Waals surface area contributed by atoms with Gasteiger partial charge in [0.15, 0.2) is 6.61 Å². The van der Waals surface area contributed by atoms with Crippen molar-refractivity contribution in [2.75, 3.05) is 13.7 Å². The monoisotopic (exact) mass is 636 g/mol. The number of hydrogen-bond acceptors (Lipinski definition) is 7. The van der Waals surface area contributed by atoms with Crippen LogP contribution in [-0.2, 0) is 38.5 Å². The molecule has 2 aliphatic rings. The van der Waals surface area contributed by atoms with Gasteiger partial charge in [0.25, 0.3) is 0 Å². The van der Waals surface area contributed by atoms with Crippen molar-refractivity contribution in [3.8, 4) is 11.5 Å². The summed E-state index contributed by atoms with van der Waals surface area (Å²) >= 11 is 0. The van der Waals surface area contributed by atoms with E-state index in [2.05, 4.69) is 6.07 Å². The summed E-state index contributed by atoms with van der Waals surface area (Å²) in [6, 6.07) is 27.5. The number of esters is 2. The highest BCUT2D eigenvalue weighted by atomic mass is 16.6. The van der Waals surface area contributed by atoms with E-state index in [9.17, 15) is 14.7 Å². The molecule has 47 heavy (non-hydrogen) atoms. The Balaban J connectivity index is 1.01. The van der Waals surface area contributed by atoms with E-state index < -0.39 is 12.1 Å². The average molecular weight is 637 g/mol. The molecule has 4 aromatic rings. The SMILES string of the molecule is COc1ccc2cc([C@H](C)C(=O)O[C@@H](C)CC[C@@H]3[C@H]4Cc5cccc(OCC(=O)OCc6ccccc6)c5C[C@H]4C[C@H]3O)ccc2c1. The summed E-state index contributed by atoms with van der Waals surface area (Å²) in [5.41, 5.74) is 4.19. The summed E-state index contributed by atoms with van der Waals surface area (Å²) in [5.74, 6) is 1.32. The van der Waals surface area contributed by atoms with E-state index in [1.165, 1.54) is 5.56 Å². The molecule has 0 bridgehead atoms. The fourth-order valence-corrected chi connectivity index (χ4v) is 7.42. The fraction of sp³-hybridized carbons (Fsp3) is 0.400. The number of aliphatic hydroxyl groups excluding tert-OH is 1. The van der Waals surface area contributed by atoms with Crippen LogP contribution in [0.5, 0.6) is 11.5 Å². The van der Waals surface area contributed by atoms with Crippen LogP contribution in [0.25, 0.3) is 10.8 Å². The molecule has 0 unspecified atom stereocenters. The summed E-state index contributed by atoms with van der Waals surface area (Å²) in [4.78, 5) is 25.5. The van der Waals surface area contributed by atoms with Crippen LogP contribution in [0.1, 0.15) is 61.3 Å². The molecule has 6 rings (SSSR count). The Hall–Kier alpha value is -4.36. The third-order valence-electron chi connectivity index (χ3n) is 10.1. The van der Waals surface area contributed by atoms with Crippen LogP contribution in [-0.4, -0.2) is 43.0 Å². The van der Waals surface area contributed by atoms with E-state index >= 15 is 0 Å². The van der Waals surface area contributed by atoms with Gasteiger partial charge in [-0.2, -0.15) is 0 Å². The molecule has 0 spiro atoms. The highest BCUT2D eigenvalue weighted by molar-refractivity contribution is 5.86. The Morgan fingerprint density at radius 2 is 1.70 bits per heavy atom. The van der Waals surface area contributed by atoms with Crippen LogP contribution in [0.15, 0.2) is 84.9 Å². The maximum absolute atomic E-state index is 13.1. The Labute approximate surface area is 276 Å². The Morgan fingerprint density at radius 1 is 0.915 bits per heavy atom. The van der Waals surface area contributed by atoms with Crippen molar-refractivity contribution in [1.29, 1.82) is 0 Å². The molecule has 0 aliphatic heterocycles. The van der Waals surface area contributed by atoms with E-state index in [-0.39, 0.29) is 37.1 Å². The molecule has 1 N–H and O–H groups in total. The van der Waals surface area contributed by atoms with Crippen molar-refractivity contribution in [3.05, 3.63) is 107 Å². The summed E-state index contributed by atoms with van der Waals surface area (Å²) in [7, 11) is 1.65. The van der Waals surface area contributed by atoms with Gasteiger partial charge in [0.05, 0.1) is 25.2 Å². The van der Waals surface area contributed by atoms with Crippen LogP contribution in [0.2, 0.25) is 0 Å². The van der Waals surface area contributed by atoms with Crippen molar-refractivity contribution in [3.63, 3.8) is 0 Å². The first-order valence-electron chi connectivity index (χ1n) is 16.7. The van der Waals surface area contributed by atoms with Crippen LogP contribution >= 0.6 is 0 Å². The van der Waals surface area contributed by atoms with Gasteiger partial charge in [0.1, 0.15) is 18.1 Å². The maximum Gasteiger partial charge on any atom is 0.344 e. The second-order valence-corrected chi connectivity index (χ2v) is 13.1. The summed E-state index contributed by atoms with van der Waals surface area (Å²) in [6.45, 7) is 3.90. The fourth-order valence-electron chi connectivity index (χ4n) is 7.42. The first kappa shape index (κ1) is 32.6. The lowest BCUT2D eigenvalue weighted by molar-refractivity contribution is -0.150. The van der Waals surface area contributed by atoms with Crippen LogP contribution < -0.4 is 9.47 Å².